The molecule has 2 aromatic rings. The van der Waals surface area contributed by atoms with Crippen molar-refractivity contribution >= 4 is 5.82 Å². The predicted molar refractivity (Wildman–Crippen MR) is 85.0 cm³/mol. The molecule has 2 heterocycles. The molecule has 1 aromatic carbocycles. The van der Waals surface area contributed by atoms with Crippen LogP contribution in [0.4, 0.5) is 5.82 Å². The van der Waals surface area contributed by atoms with Gasteiger partial charge in [-0.3, -0.25) is 0 Å². The molecule has 0 radical (unpaired) electrons. The third kappa shape index (κ3) is 3.40. The van der Waals surface area contributed by atoms with E-state index in [1.54, 1.807) is 7.11 Å². The smallest absolute Gasteiger partial charge is 0.124 e. The van der Waals surface area contributed by atoms with E-state index in [4.69, 9.17) is 4.74 Å². The molecule has 118 valence electrons. The molecule has 0 amide bonds. The summed E-state index contributed by atoms with van der Waals surface area (Å²) in [5.74, 6) is 2.34. The highest BCUT2D eigenvalue weighted by molar-refractivity contribution is 5.35. The number of benzene rings is 1. The van der Waals surface area contributed by atoms with Crippen LogP contribution in [0.15, 0.2) is 36.5 Å². The number of aliphatic hydroxyl groups is 1. The number of ether oxygens (including phenoxy) is 1. The minimum Gasteiger partial charge on any atom is -0.497 e. The Morgan fingerprint density at radius 1 is 1.41 bits per heavy atom. The maximum atomic E-state index is 10.2. The van der Waals surface area contributed by atoms with Gasteiger partial charge in [0.25, 0.3) is 0 Å². The molecule has 6 nitrogen and oxygen atoms in total. The number of hydrogen-bond acceptors (Lipinski definition) is 5. The molecule has 3 N–H and O–H groups in total. The Balaban J connectivity index is 1.44. The van der Waals surface area contributed by atoms with Crippen molar-refractivity contribution in [2.24, 2.45) is 5.92 Å². The number of hydrogen-bond donors (Lipinski definition) is 3. The van der Waals surface area contributed by atoms with Crippen LogP contribution in [0.1, 0.15) is 11.7 Å². The van der Waals surface area contributed by atoms with E-state index in [0.29, 0.717) is 12.5 Å². The molecule has 1 aromatic heterocycles. The zero-order chi connectivity index (χ0) is 15.4. The highest BCUT2D eigenvalue weighted by Gasteiger charge is 2.18. The van der Waals surface area contributed by atoms with Gasteiger partial charge in [-0.15, -0.1) is 0 Å². The third-order valence-corrected chi connectivity index (χ3v) is 3.99. The lowest BCUT2D eigenvalue weighted by Crippen LogP contribution is -2.36. The van der Waals surface area contributed by atoms with Gasteiger partial charge in [0.1, 0.15) is 11.6 Å². The highest BCUT2D eigenvalue weighted by Crippen LogP contribution is 2.18. The molecule has 0 unspecified atom stereocenters. The molecule has 0 saturated heterocycles. The molecule has 1 aliphatic rings. The molecule has 1 aliphatic heterocycles. The Morgan fingerprint density at radius 3 is 3.00 bits per heavy atom. The zero-order valence-electron chi connectivity index (χ0n) is 12.7. The van der Waals surface area contributed by atoms with E-state index >= 15 is 0 Å². The van der Waals surface area contributed by atoms with E-state index in [0.717, 1.165) is 36.8 Å². The van der Waals surface area contributed by atoms with Gasteiger partial charge >= 0.3 is 0 Å². The molecule has 6 heteroatoms. The number of anilines is 1. The van der Waals surface area contributed by atoms with E-state index in [2.05, 4.69) is 15.7 Å². The van der Waals surface area contributed by atoms with E-state index < -0.39 is 6.10 Å². The molecular weight excluding hydrogens is 280 g/mol. The number of fused-ring (bicyclic) bond motifs is 1. The third-order valence-electron chi connectivity index (χ3n) is 3.99. The van der Waals surface area contributed by atoms with Crippen molar-refractivity contribution in [1.29, 1.82) is 0 Å². The monoisotopic (exact) mass is 302 g/mol. The Morgan fingerprint density at radius 2 is 2.23 bits per heavy atom. The topological polar surface area (TPSA) is 71.3 Å². The van der Waals surface area contributed by atoms with Gasteiger partial charge in [0, 0.05) is 38.2 Å². The Kier molecular flexibility index (Phi) is 4.60. The van der Waals surface area contributed by atoms with Gasteiger partial charge in [-0.1, -0.05) is 12.1 Å². The zero-order valence-corrected chi connectivity index (χ0v) is 12.7. The fraction of sp³-hybridized carbons (Fsp3) is 0.438. The second-order valence-corrected chi connectivity index (χ2v) is 5.59. The Labute approximate surface area is 130 Å². The fourth-order valence-electron chi connectivity index (χ4n) is 2.69. The second kappa shape index (κ2) is 6.81. The number of methoxy groups -OCH3 is 1. The standard InChI is InChI=1S/C16H22N4O2/c1-22-14-4-2-13(3-5-14)15(21)10-17-8-12-9-18-16-6-7-19-20(16)11-12/h2-7,12,15,17-18,21H,8-11H2,1H3/t12-,15+/m1/s1. The van der Waals surface area contributed by atoms with Crippen LogP contribution >= 0.6 is 0 Å². The quantitative estimate of drug-likeness (QED) is 0.749. The molecule has 2 atom stereocenters. The van der Waals surface area contributed by atoms with E-state index in [1.165, 1.54) is 0 Å². The predicted octanol–water partition coefficient (Wildman–Crippen LogP) is 1.26. The number of rotatable bonds is 6. The first-order valence-corrected chi connectivity index (χ1v) is 7.54. The van der Waals surface area contributed by atoms with Crippen molar-refractivity contribution in [3.05, 3.63) is 42.1 Å². The molecule has 0 spiro atoms. The molecule has 22 heavy (non-hydrogen) atoms. The molecular formula is C16H22N4O2. The summed E-state index contributed by atoms with van der Waals surface area (Å²) in [5.41, 5.74) is 0.893. The number of nitrogens with zero attached hydrogens (tertiary/aromatic N) is 2. The van der Waals surface area contributed by atoms with Crippen LogP contribution in [0.3, 0.4) is 0 Å². The minimum absolute atomic E-state index is 0.468. The summed E-state index contributed by atoms with van der Waals surface area (Å²) in [6, 6.07) is 9.50. The van der Waals surface area contributed by atoms with Gasteiger partial charge in [0.2, 0.25) is 0 Å². The van der Waals surface area contributed by atoms with Gasteiger partial charge in [-0.05, 0) is 17.7 Å². The van der Waals surface area contributed by atoms with Crippen LogP contribution in [0.25, 0.3) is 0 Å². The van der Waals surface area contributed by atoms with E-state index in [-0.39, 0.29) is 0 Å². The van der Waals surface area contributed by atoms with Crippen LogP contribution in [-0.4, -0.2) is 41.6 Å². The minimum atomic E-state index is -0.511. The molecule has 3 rings (SSSR count). The highest BCUT2D eigenvalue weighted by atomic mass is 16.5. The molecule has 0 aliphatic carbocycles. The Hall–Kier alpha value is -2.05. The van der Waals surface area contributed by atoms with Crippen LogP contribution in [-0.2, 0) is 6.54 Å². The maximum Gasteiger partial charge on any atom is 0.124 e. The van der Waals surface area contributed by atoms with Crippen molar-refractivity contribution in [2.45, 2.75) is 12.6 Å². The van der Waals surface area contributed by atoms with Crippen molar-refractivity contribution in [2.75, 3.05) is 32.1 Å². The summed E-state index contributed by atoms with van der Waals surface area (Å²) in [7, 11) is 1.64. The molecule has 0 fully saturated rings. The lowest BCUT2D eigenvalue weighted by Gasteiger charge is -2.25. The summed E-state index contributed by atoms with van der Waals surface area (Å²) in [6.45, 7) is 3.21. The fourth-order valence-corrected chi connectivity index (χ4v) is 2.69. The van der Waals surface area contributed by atoms with Crippen LogP contribution in [0, 0.1) is 5.92 Å². The van der Waals surface area contributed by atoms with Crippen molar-refractivity contribution in [3.8, 4) is 5.75 Å². The number of nitrogens with one attached hydrogen (secondary N) is 2. The summed E-state index contributed by atoms with van der Waals surface area (Å²) in [4.78, 5) is 0. The summed E-state index contributed by atoms with van der Waals surface area (Å²) >= 11 is 0. The molecule has 0 bridgehead atoms. The lowest BCUT2D eigenvalue weighted by molar-refractivity contribution is 0.172. The van der Waals surface area contributed by atoms with Gasteiger partial charge in [0.05, 0.1) is 19.4 Å². The van der Waals surface area contributed by atoms with Crippen LogP contribution in [0.2, 0.25) is 0 Å². The largest absolute Gasteiger partial charge is 0.497 e. The summed E-state index contributed by atoms with van der Waals surface area (Å²) in [6.07, 6.45) is 1.30. The average molecular weight is 302 g/mol. The first kappa shape index (κ1) is 14.9. The number of aliphatic hydroxyl groups excluding tert-OH is 1. The lowest BCUT2D eigenvalue weighted by atomic mass is 10.1. The average Bonchev–Trinajstić information content (AvgIpc) is 3.02. The van der Waals surface area contributed by atoms with E-state index in [9.17, 15) is 5.11 Å². The summed E-state index contributed by atoms with van der Waals surface area (Å²) in [5, 5.41) is 21.2. The van der Waals surface area contributed by atoms with Gasteiger partial charge in [-0.25, -0.2) is 4.68 Å². The maximum absolute atomic E-state index is 10.2. The van der Waals surface area contributed by atoms with Gasteiger partial charge < -0.3 is 20.5 Å². The normalized spacial score (nSPS) is 18.4. The van der Waals surface area contributed by atoms with Crippen LogP contribution in [0.5, 0.6) is 5.75 Å². The molecule has 0 saturated carbocycles. The first-order chi connectivity index (χ1) is 10.8. The van der Waals surface area contributed by atoms with Gasteiger partial charge in [0.15, 0.2) is 0 Å². The summed E-state index contributed by atoms with van der Waals surface area (Å²) < 4.78 is 7.10. The second-order valence-electron chi connectivity index (χ2n) is 5.59. The van der Waals surface area contributed by atoms with Crippen molar-refractivity contribution in [1.82, 2.24) is 15.1 Å². The van der Waals surface area contributed by atoms with Crippen molar-refractivity contribution in [3.63, 3.8) is 0 Å². The Bertz CT molecular complexity index is 596. The van der Waals surface area contributed by atoms with Gasteiger partial charge in [-0.2, -0.15) is 5.10 Å². The van der Waals surface area contributed by atoms with Crippen LogP contribution < -0.4 is 15.4 Å². The van der Waals surface area contributed by atoms with Crippen molar-refractivity contribution < 1.29 is 9.84 Å². The van der Waals surface area contributed by atoms with E-state index in [1.807, 2.05) is 41.2 Å². The first-order valence-electron chi connectivity index (χ1n) is 7.54. The SMILES string of the molecule is COc1ccc([C@@H](O)CNC[C@@H]2CNc3ccnn3C2)cc1. The number of aromatic nitrogens is 2.